The Kier molecular flexibility index (Phi) is 4.27. The average Bonchev–Trinajstić information content (AvgIpc) is 2.40. The minimum absolute atomic E-state index is 0.577. The second-order valence-electron chi connectivity index (χ2n) is 4.61. The van der Waals surface area contributed by atoms with Gasteiger partial charge in [-0.25, -0.2) is 9.97 Å². The Morgan fingerprint density at radius 2 is 1.89 bits per heavy atom. The van der Waals surface area contributed by atoms with Gasteiger partial charge >= 0.3 is 0 Å². The van der Waals surface area contributed by atoms with Crippen LogP contribution in [0.15, 0.2) is 43.0 Å². The minimum atomic E-state index is -0.577. The standard InChI is InChI=1S/C15H16N2Si/c1-18(2)8-4-6-13-5-3-7-14(9-13)15-10-16-12-17-11-15/h3,5,7,9-12,18H,8H2,1-2H3. The molecule has 1 aromatic carbocycles. The Bertz CT molecular complexity index is 568. The fourth-order valence-electron chi connectivity index (χ4n) is 1.58. The lowest BCUT2D eigenvalue weighted by molar-refractivity contribution is 1.17. The Morgan fingerprint density at radius 1 is 1.11 bits per heavy atom. The maximum Gasteiger partial charge on any atom is 0.115 e. The van der Waals surface area contributed by atoms with Gasteiger partial charge in [0.25, 0.3) is 0 Å². The summed E-state index contributed by atoms with van der Waals surface area (Å²) in [6, 6.07) is 9.29. The molecule has 2 rings (SSSR count). The largest absolute Gasteiger partial charge is 0.244 e. The zero-order chi connectivity index (χ0) is 12.8. The Morgan fingerprint density at radius 3 is 2.61 bits per heavy atom. The van der Waals surface area contributed by atoms with Gasteiger partial charge in [-0.1, -0.05) is 31.1 Å². The first-order valence-corrected chi connectivity index (χ1v) is 9.22. The lowest BCUT2D eigenvalue weighted by Crippen LogP contribution is -1.95. The molecule has 2 aromatic rings. The van der Waals surface area contributed by atoms with Crippen LogP contribution in [0.2, 0.25) is 19.1 Å². The summed E-state index contributed by atoms with van der Waals surface area (Å²) in [6.45, 7) is 4.62. The molecule has 0 aliphatic rings. The van der Waals surface area contributed by atoms with Crippen molar-refractivity contribution in [3.8, 4) is 23.0 Å². The number of benzene rings is 1. The smallest absolute Gasteiger partial charge is 0.115 e. The molecular weight excluding hydrogens is 236 g/mol. The van der Waals surface area contributed by atoms with Crippen LogP contribution in [0.5, 0.6) is 0 Å². The summed E-state index contributed by atoms with van der Waals surface area (Å²) in [4.78, 5) is 8.07. The predicted octanol–water partition coefficient (Wildman–Crippen LogP) is 2.98. The maximum absolute atomic E-state index is 4.03. The SMILES string of the molecule is C[SiH](C)CC#Cc1cccc(-c2cncnc2)c1. The molecule has 0 saturated carbocycles. The van der Waals surface area contributed by atoms with E-state index in [1.807, 2.05) is 24.5 Å². The van der Waals surface area contributed by atoms with Gasteiger partial charge in [-0.2, -0.15) is 0 Å². The van der Waals surface area contributed by atoms with Crippen LogP contribution >= 0.6 is 0 Å². The third kappa shape index (κ3) is 3.54. The molecule has 2 nitrogen and oxygen atoms in total. The maximum atomic E-state index is 4.03. The van der Waals surface area contributed by atoms with Crippen LogP contribution in [0.3, 0.4) is 0 Å². The second-order valence-corrected chi connectivity index (χ2v) is 7.80. The van der Waals surface area contributed by atoms with Crippen LogP contribution in [-0.4, -0.2) is 18.8 Å². The highest BCUT2D eigenvalue weighted by molar-refractivity contribution is 6.56. The number of rotatable bonds is 2. The number of hydrogen-bond acceptors (Lipinski definition) is 2. The van der Waals surface area contributed by atoms with Crippen molar-refractivity contribution in [1.82, 2.24) is 9.97 Å². The number of aromatic nitrogens is 2. The van der Waals surface area contributed by atoms with Crippen molar-refractivity contribution in [3.05, 3.63) is 48.5 Å². The zero-order valence-electron chi connectivity index (χ0n) is 10.7. The summed E-state index contributed by atoms with van der Waals surface area (Å²) in [7, 11) is -0.577. The molecule has 0 saturated heterocycles. The first-order valence-electron chi connectivity index (χ1n) is 6.10. The van der Waals surface area contributed by atoms with E-state index in [0.717, 1.165) is 22.7 Å². The molecule has 1 heterocycles. The normalized spacial score (nSPS) is 9.94. The van der Waals surface area contributed by atoms with E-state index < -0.39 is 8.80 Å². The molecule has 0 unspecified atom stereocenters. The van der Waals surface area contributed by atoms with Gasteiger partial charge in [-0.3, -0.25) is 0 Å². The van der Waals surface area contributed by atoms with E-state index in [-0.39, 0.29) is 0 Å². The summed E-state index contributed by atoms with van der Waals surface area (Å²) < 4.78 is 0. The van der Waals surface area contributed by atoms with Gasteiger partial charge < -0.3 is 0 Å². The van der Waals surface area contributed by atoms with E-state index in [4.69, 9.17) is 0 Å². The fourth-order valence-corrected chi connectivity index (χ4v) is 2.09. The Balaban J connectivity index is 2.22. The molecule has 0 N–H and O–H groups in total. The van der Waals surface area contributed by atoms with Crippen molar-refractivity contribution in [2.45, 2.75) is 19.1 Å². The van der Waals surface area contributed by atoms with E-state index in [0.29, 0.717) is 0 Å². The third-order valence-corrected chi connectivity index (χ3v) is 3.52. The lowest BCUT2D eigenvalue weighted by Gasteiger charge is -2.00. The van der Waals surface area contributed by atoms with Crippen molar-refractivity contribution < 1.29 is 0 Å². The lowest BCUT2D eigenvalue weighted by atomic mass is 10.1. The Labute approximate surface area is 110 Å². The molecule has 0 amide bonds. The van der Waals surface area contributed by atoms with Gasteiger partial charge in [0.05, 0.1) is 0 Å². The quantitative estimate of drug-likeness (QED) is 0.606. The fraction of sp³-hybridized carbons (Fsp3) is 0.200. The van der Waals surface area contributed by atoms with Crippen LogP contribution in [0.25, 0.3) is 11.1 Å². The summed E-state index contributed by atoms with van der Waals surface area (Å²) in [5.74, 6) is 6.49. The van der Waals surface area contributed by atoms with Gasteiger partial charge in [-0.15, -0.1) is 5.92 Å². The van der Waals surface area contributed by atoms with Crippen LogP contribution in [-0.2, 0) is 0 Å². The molecule has 90 valence electrons. The van der Waals surface area contributed by atoms with Crippen molar-refractivity contribution in [3.63, 3.8) is 0 Å². The summed E-state index contributed by atoms with van der Waals surface area (Å²) >= 11 is 0. The number of hydrogen-bond donors (Lipinski definition) is 0. The summed E-state index contributed by atoms with van der Waals surface area (Å²) in [6.07, 6.45) is 5.18. The first-order chi connectivity index (χ1) is 8.75. The van der Waals surface area contributed by atoms with Gasteiger partial charge in [0, 0.05) is 38.4 Å². The highest BCUT2D eigenvalue weighted by Gasteiger charge is 1.98. The van der Waals surface area contributed by atoms with E-state index >= 15 is 0 Å². The molecular formula is C15H16N2Si. The highest BCUT2D eigenvalue weighted by atomic mass is 28.3. The summed E-state index contributed by atoms with van der Waals surface area (Å²) in [5, 5.41) is 0. The highest BCUT2D eigenvalue weighted by Crippen LogP contribution is 2.17. The predicted molar refractivity (Wildman–Crippen MR) is 78.0 cm³/mol. The summed E-state index contributed by atoms with van der Waals surface area (Å²) in [5.41, 5.74) is 3.20. The van der Waals surface area contributed by atoms with Crippen molar-refractivity contribution in [2.24, 2.45) is 0 Å². The molecule has 1 aromatic heterocycles. The van der Waals surface area contributed by atoms with E-state index in [2.05, 4.69) is 47.0 Å². The molecule has 0 radical (unpaired) electrons. The van der Waals surface area contributed by atoms with Crippen LogP contribution in [0.1, 0.15) is 5.56 Å². The molecule has 0 atom stereocenters. The van der Waals surface area contributed by atoms with Crippen LogP contribution in [0, 0.1) is 11.8 Å². The van der Waals surface area contributed by atoms with Crippen LogP contribution in [0.4, 0.5) is 0 Å². The monoisotopic (exact) mass is 252 g/mol. The molecule has 3 heteroatoms. The van der Waals surface area contributed by atoms with Gasteiger partial charge in [0.15, 0.2) is 0 Å². The molecule has 0 spiro atoms. The van der Waals surface area contributed by atoms with Gasteiger partial charge in [0.2, 0.25) is 0 Å². The molecule has 0 bridgehead atoms. The van der Waals surface area contributed by atoms with E-state index in [1.54, 1.807) is 6.33 Å². The minimum Gasteiger partial charge on any atom is -0.244 e. The van der Waals surface area contributed by atoms with Gasteiger partial charge in [-0.05, 0) is 17.7 Å². The molecule has 0 aliphatic carbocycles. The third-order valence-electron chi connectivity index (χ3n) is 2.50. The van der Waals surface area contributed by atoms with Crippen molar-refractivity contribution in [1.29, 1.82) is 0 Å². The Hall–Kier alpha value is -1.92. The average molecular weight is 252 g/mol. The van der Waals surface area contributed by atoms with Crippen molar-refractivity contribution in [2.75, 3.05) is 0 Å². The van der Waals surface area contributed by atoms with Gasteiger partial charge in [0.1, 0.15) is 6.33 Å². The molecule has 0 aliphatic heterocycles. The molecule has 18 heavy (non-hydrogen) atoms. The first kappa shape index (κ1) is 12.5. The van der Waals surface area contributed by atoms with Crippen molar-refractivity contribution >= 4 is 8.80 Å². The van der Waals surface area contributed by atoms with Crippen LogP contribution < -0.4 is 0 Å². The zero-order valence-corrected chi connectivity index (χ0v) is 11.9. The topological polar surface area (TPSA) is 25.8 Å². The molecule has 0 fully saturated rings. The second kappa shape index (κ2) is 6.13. The van der Waals surface area contributed by atoms with E-state index in [9.17, 15) is 0 Å². The van der Waals surface area contributed by atoms with E-state index in [1.165, 1.54) is 0 Å². The number of nitrogens with zero attached hydrogens (tertiary/aromatic N) is 2.